The van der Waals surface area contributed by atoms with E-state index in [9.17, 15) is 19.8 Å². The minimum Gasteiger partial charge on any atom is -0.508 e. The van der Waals surface area contributed by atoms with Gasteiger partial charge in [-0.2, -0.15) is 0 Å². The molecule has 0 amide bonds. The molecule has 0 spiro atoms. The summed E-state index contributed by atoms with van der Waals surface area (Å²) in [6, 6.07) is 8.72. The number of ether oxygens (including phenoxy) is 1. The minimum absolute atomic E-state index is 0.0653. The van der Waals surface area contributed by atoms with E-state index in [1.807, 2.05) is 13.8 Å². The summed E-state index contributed by atoms with van der Waals surface area (Å²) in [6.07, 6.45) is -0.0470. The van der Waals surface area contributed by atoms with Crippen LogP contribution in [0.4, 0.5) is 0 Å². The molecule has 6 nitrogen and oxygen atoms in total. The largest absolute Gasteiger partial charge is 0.508 e. The lowest BCUT2D eigenvalue weighted by Gasteiger charge is -2.11. The first-order valence-electron chi connectivity index (χ1n) is 8.32. The average molecular weight is 358 g/mol. The Bertz CT molecular complexity index is 810. The zero-order valence-electron chi connectivity index (χ0n) is 14.7. The summed E-state index contributed by atoms with van der Waals surface area (Å²) < 4.78 is 5.52. The highest BCUT2D eigenvalue weighted by Crippen LogP contribution is 2.28. The van der Waals surface area contributed by atoms with Crippen LogP contribution in [0.1, 0.15) is 41.8 Å². The van der Waals surface area contributed by atoms with E-state index in [1.54, 1.807) is 6.07 Å². The van der Waals surface area contributed by atoms with Crippen molar-refractivity contribution in [1.29, 1.82) is 0 Å². The van der Waals surface area contributed by atoms with Crippen molar-refractivity contribution >= 4 is 11.8 Å². The van der Waals surface area contributed by atoms with Crippen LogP contribution in [0.15, 0.2) is 36.4 Å². The number of aliphatic carboxylic acids is 1. The number of hydrogen-bond donors (Lipinski definition) is 3. The summed E-state index contributed by atoms with van der Waals surface area (Å²) in [5, 5.41) is 28.8. The van der Waals surface area contributed by atoms with Crippen molar-refractivity contribution in [3.8, 4) is 17.2 Å². The van der Waals surface area contributed by atoms with Crippen molar-refractivity contribution in [2.24, 2.45) is 5.92 Å². The molecule has 2 aromatic rings. The molecule has 0 aliphatic heterocycles. The van der Waals surface area contributed by atoms with Crippen LogP contribution in [-0.4, -0.2) is 33.7 Å². The number of phenolic OH excluding ortho intramolecular Hbond substituents is 2. The molecule has 0 aliphatic rings. The van der Waals surface area contributed by atoms with Crippen molar-refractivity contribution in [2.75, 3.05) is 6.61 Å². The highest BCUT2D eigenvalue weighted by atomic mass is 16.5. The summed E-state index contributed by atoms with van der Waals surface area (Å²) in [7, 11) is 0. The normalized spacial score (nSPS) is 10.7. The number of hydrogen-bond acceptors (Lipinski definition) is 5. The van der Waals surface area contributed by atoms with Crippen molar-refractivity contribution in [3.63, 3.8) is 0 Å². The highest BCUT2D eigenvalue weighted by Gasteiger charge is 2.16. The second-order valence-electron chi connectivity index (χ2n) is 6.45. The second kappa shape index (κ2) is 8.38. The molecule has 0 radical (unpaired) electrons. The van der Waals surface area contributed by atoms with Gasteiger partial charge in [0.1, 0.15) is 17.2 Å². The van der Waals surface area contributed by atoms with Crippen LogP contribution in [0.3, 0.4) is 0 Å². The van der Waals surface area contributed by atoms with Gasteiger partial charge >= 0.3 is 5.97 Å². The number of aryl methyl sites for hydroxylation is 1. The molecule has 0 saturated carbocycles. The number of carbonyl (C=O) groups is 2. The van der Waals surface area contributed by atoms with E-state index in [1.165, 1.54) is 30.3 Å². The molecule has 0 aliphatic carbocycles. The van der Waals surface area contributed by atoms with E-state index in [4.69, 9.17) is 9.84 Å². The standard InChI is InChI=1S/C20H22O6/c1-12(2)11-26-15-5-6-16(18(22)10-15)20(25)14-3-7-17(21)13(9-14)4-8-19(23)24/h3,5-7,9-10,12,21-22H,4,8,11H2,1-2H3,(H,23,24). The number of rotatable bonds is 8. The topological polar surface area (TPSA) is 104 Å². The molecular weight excluding hydrogens is 336 g/mol. The lowest BCUT2D eigenvalue weighted by atomic mass is 9.98. The zero-order valence-corrected chi connectivity index (χ0v) is 14.7. The van der Waals surface area contributed by atoms with Crippen molar-refractivity contribution in [1.82, 2.24) is 0 Å². The summed E-state index contributed by atoms with van der Waals surface area (Å²) in [6.45, 7) is 4.51. The fourth-order valence-electron chi connectivity index (χ4n) is 2.38. The third-order valence-corrected chi connectivity index (χ3v) is 3.75. The number of ketones is 1. The summed E-state index contributed by atoms with van der Waals surface area (Å²) in [4.78, 5) is 23.3. The predicted octanol–water partition coefficient (Wildman–Crippen LogP) is 3.38. The van der Waals surface area contributed by atoms with Crippen LogP contribution in [0.25, 0.3) is 0 Å². The molecule has 0 aromatic heterocycles. The molecule has 2 aromatic carbocycles. The first-order valence-corrected chi connectivity index (χ1v) is 8.32. The van der Waals surface area contributed by atoms with E-state index in [0.29, 0.717) is 23.8 Å². The maximum Gasteiger partial charge on any atom is 0.303 e. The first kappa shape index (κ1) is 19.3. The molecule has 0 fully saturated rings. The molecule has 0 unspecified atom stereocenters. The van der Waals surface area contributed by atoms with E-state index < -0.39 is 11.8 Å². The molecule has 3 N–H and O–H groups in total. The van der Waals surface area contributed by atoms with E-state index in [2.05, 4.69) is 0 Å². The Hall–Kier alpha value is -3.02. The molecule has 6 heteroatoms. The number of aromatic hydroxyl groups is 2. The number of carboxylic acid groups (broad SMARTS) is 1. The van der Waals surface area contributed by atoms with Gasteiger partial charge in [0.2, 0.25) is 0 Å². The Kier molecular flexibility index (Phi) is 6.22. The van der Waals surface area contributed by atoms with Gasteiger partial charge in [-0.25, -0.2) is 0 Å². The minimum atomic E-state index is -0.990. The fraction of sp³-hybridized carbons (Fsp3) is 0.300. The SMILES string of the molecule is CC(C)COc1ccc(C(=O)c2ccc(O)c(CCC(=O)O)c2)c(O)c1. The Morgan fingerprint density at radius 2 is 1.77 bits per heavy atom. The van der Waals surface area contributed by atoms with Crippen LogP contribution < -0.4 is 4.74 Å². The average Bonchev–Trinajstić information content (AvgIpc) is 2.58. The molecular formula is C20H22O6. The highest BCUT2D eigenvalue weighted by molar-refractivity contribution is 6.10. The third-order valence-electron chi connectivity index (χ3n) is 3.75. The Morgan fingerprint density at radius 1 is 1.04 bits per heavy atom. The van der Waals surface area contributed by atoms with Gasteiger partial charge in [-0.1, -0.05) is 13.8 Å². The molecule has 0 saturated heterocycles. The predicted molar refractivity (Wildman–Crippen MR) is 95.9 cm³/mol. The van der Waals surface area contributed by atoms with Gasteiger partial charge in [-0.05, 0) is 48.2 Å². The molecule has 138 valence electrons. The number of carbonyl (C=O) groups excluding carboxylic acids is 1. The quantitative estimate of drug-likeness (QED) is 0.625. The van der Waals surface area contributed by atoms with Crippen LogP contribution in [0.5, 0.6) is 17.2 Å². The smallest absolute Gasteiger partial charge is 0.303 e. The lowest BCUT2D eigenvalue weighted by Crippen LogP contribution is -2.06. The molecule has 0 atom stereocenters. The van der Waals surface area contributed by atoms with E-state index >= 15 is 0 Å². The molecule has 2 rings (SSSR count). The molecule has 0 heterocycles. The maximum atomic E-state index is 12.6. The molecule has 26 heavy (non-hydrogen) atoms. The van der Waals surface area contributed by atoms with Gasteiger partial charge in [0.05, 0.1) is 12.2 Å². The summed E-state index contributed by atoms with van der Waals surface area (Å²) >= 11 is 0. The van der Waals surface area contributed by atoms with Crippen LogP contribution in [0.2, 0.25) is 0 Å². The number of carboxylic acids is 1. The second-order valence-corrected chi connectivity index (χ2v) is 6.45. The van der Waals surface area contributed by atoms with E-state index in [-0.39, 0.29) is 35.5 Å². The van der Waals surface area contributed by atoms with Gasteiger partial charge in [-0.15, -0.1) is 0 Å². The van der Waals surface area contributed by atoms with E-state index in [0.717, 1.165) is 0 Å². The van der Waals surface area contributed by atoms with Crippen molar-refractivity contribution in [3.05, 3.63) is 53.1 Å². The third kappa shape index (κ3) is 4.99. The number of benzene rings is 2. The Morgan fingerprint density at radius 3 is 2.38 bits per heavy atom. The van der Waals surface area contributed by atoms with Crippen LogP contribution >= 0.6 is 0 Å². The number of phenols is 2. The van der Waals surface area contributed by atoms with Gasteiger partial charge in [-0.3, -0.25) is 9.59 Å². The Labute approximate surface area is 151 Å². The van der Waals surface area contributed by atoms with Gasteiger partial charge in [0, 0.05) is 18.1 Å². The zero-order chi connectivity index (χ0) is 19.3. The van der Waals surface area contributed by atoms with Crippen LogP contribution in [0, 0.1) is 5.92 Å². The first-order chi connectivity index (χ1) is 12.3. The maximum absolute atomic E-state index is 12.6. The summed E-state index contributed by atoms with van der Waals surface area (Å²) in [5.74, 6) is -0.869. The lowest BCUT2D eigenvalue weighted by molar-refractivity contribution is -0.136. The molecule has 0 bridgehead atoms. The van der Waals surface area contributed by atoms with Gasteiger partial charge < -0.3 is 20.1 Å². The van der Waals surface area contributed by atoms with Crippen LogP contribution in [-0.2, 0) is 11.2 Å². The monoisotopic (exact) mass is 358 g/mol. The Balaban J connectivity index is 2.23. The van der Waals surface area contributed by atoms with Gasteiger partial charge in [0.25, 0.3) is 0 Å². The van der Waals surface area contributed by atoms with Crippen molar-refractivity contribution < 1.29 is 29.6 Å². The van der Waals surface area contributed by atoms with Gasteiger partial charge in [0.15, 0.2) is 5.78 Å². The summed E-state index contributed by atoms with van der Waals surface area (Å²) in [5.41, 5.74) is 0.737. The fourth-order valence-corrected chi connectivity index (χ4v) is 2.38. The van der Waals surface area contributed by atoms with Crippen molar-refractivity contribution in [2.45, 2.75) is 26.7 Å².